The molecule has 0 aliphatic rings. The highest BCUT2D eigenvalue weighted by molar-refractivity contribution is 5.57. The van der Waals surface area contributed by atoms with Crippen LogP contribution in [0.25, 0.3) is 0 Å². The molecule has 1 rings (SSSR count). The fourth-order valence-electron chi connectivity index (χ4n) is 0.877. The second-order valence-electron chi connectivity index (χ2n) is 2.35. The number of nitrogens with two attached hydrogens (primary N) is 2. The van der Waals surface area contributed by atoms with Crippen LogP contribution in [0.4, 0.5) is 20.3 Å². The Hall–Kier alpha value is -1.59. The third-order valence-electron chi connectivity index (χ3n) is 1.50. The summed E-state index contributed by atoms with van der Waals surface area (Å²) in [4.78, 5) is 3.42. The molecule has 0 saturated carbocycles. The predicted molar refractivity (Wildman–Crippen MR) is 44.6 cm³/mol. The summed E-state index contributed by atoms with van der Waals surface area (Å²) < 4.78 is 29.2. The van der Waals surface area contributed by atoms with E-state index >= 15 is 0 Å². The summed E-state index contributed by atoms with van der Waals surface area (Å²) in [6, 6.07) is 1.23. The number of nitrogen functional groups attached to an aromatic ring is 2. The summed E-state index contributed by atoms with van der Waals surface area (Å²) in [5.74, 6) is 0.105. The Morgan fingerprint density at radius 2 is 2.08 bits per heavy atom. The summed E-state index contributed by atoms with van der Waals surface area (Å²) in [6.07, 6.45) is -2.73. The van der Waals surface area contributed by atoms with Crippen LogP contribution in [0.1, 0.15) is 12.1 Å². The molecule has 0 radical (unpaired) electrons. The predicted octanol–water partition coefficient (Wildman–Crippen LogP) is 1.19. The normalized spacial score (nSPS) is 10.5. The van der Waals surface area contributed by atoms with Crippen molar-refractivity contribution in [3.63, 3.8) is 0 Å². The van der Waals surface area contributed by atoms with E-state index in [0.29, 0.717) is 0 Å². The number of nitrogens with zero attached hydrogens (tertiary/aromatic N) is 1. The van der Waals surface area contributed by atoms with Gasteiger partial charge in [-0.1, -0.05) is 0 Å². The van der Waals surface area contributed by atoms with Crippen molar-refractivity contribution in [3.8, 4) is 5.75 Å². The molecule has 4 N–H and O–H groups in total. The largest absolute Gasteiger partial charge is 0.493 e. The molecule has 0 fully saturated rings. The maximum Gasteiger partial charge on any atom is 0.282 e. The minimum absolute atomic E-state index is 0.0907. The molecule has 72 valence electrons. The first kappa shape index (κ1) is 9.50. The lowest BCUT2D eigenvalue weighted by Crippen LogP contribution is -2.04. The standard InChI is InChI=1S/C7H9F2N3O/c1-13-4-2-3(10)5(6(8)9)12-7(4)11/h2,6H,10H2,1H3,(H2,11,12). The molecule has 4 nitrogen and oxygen atoms in total. The minimum Gasteiger partial charge on any atom is -0.493 e. The van der Waals surface area contributed by atoms with Gasteiger partial charge in [0.15, 0.2) is 11.6 Å². The maximum absolute atomic E-state index is 12.2. The van der Waals surface area contributed by atoms with E-state index in [1.807, 2.05) is 0 Å². The topological polar surface area (TPSA) is 74.2 Å². The smallest absolute Gasteiger partial charge is 0.282 e. The van der Waals surface area contributed by atoms with Crippen LogP contribution < -0.4 is 16.2 Å². The van der Waals surface area contributed by atoms with Gasteiger partial charge in [-0.2, -0.15) is 0 Å². The van der Waals surface area contributed by atoms with Gasteiger partial charge < -0.3 is 16.2 Å². The van der Waals surface area contributed by atoms with Gasteiger partial charge in [0.2, 0.25) is 0 Å². The van der Waals surface area contributed by atoms with Crippen LogP contribution in [0.15, 0.2) is 6.07 Å². The Bertz CT molecular complexity index is 317. The molecule has 1 aromatic rings. The summed E-state index contributed by atoms with van der Waals surface area (Å²) >= 11 is 0. The summed E-state index contributed by atoms with van der Waals surface area (Å²) in [5.41, 5.74) is 9.96. The number of hydrogen-bond acceptors (Lipinski definition) is 4. The van der Waals surface area contributed by atoms with Crippen LogP contribution in [0, 0.1) is 0 Å². The molecule has 0 atom stereocenters. The monoisotopic (exact) mass is 189 g/mol. The number of aromatic nitrogens is 1. The van der Waals surface area contributed by atoms with Crippen molar-refractivity contribution in [2.24, 2.45) is 0 Å². The lowest BCUT2D eigenvalue weighted by atomic mass is 10.3. The van der Waals surface area contributed by atoms with Crippen molar-refractivity contribution in [2.45, 2.75) is 6.43 Å². The van der Waals surface area contributed by atoms with E-state index in [-0.39, 0.29) is 17.3 Å². The second kappa shape index (κ2) is 3.42. The van der Waals surface area contributed by atoms with Crippen LogP contribution >= 0.6 is 0 Å². The van der Waals surface area contributed by atoms with Crippen LogP contribution in [0.2, 0.25) is 0 Å². The summed E-state index contributed by atoms with van der Waals surface area (Å²) in [7, 11) is 1.36. The average molecular weight is 189 g/mol. The molecule has 0 aliphatic carbocycles. The number of ether oxygens (including phenoxy) is 1. The van der Waals surface area contributed by atoms with E-state index in [2.05, 4.69) is 4.98 Å². The molecule has 0 unspecified atom stereocenters. The van der Waals surface area contributed by atoms with Gasteiger partial charge in [0, 0.05) is 6.07 Å². The first-order valence-corrected chi connectivity index (χ1v) is 3.44. The maximum atomic E-state index is 12.2. The molecule has 1 aromatic heterocycles. The molecule has 0 saturated heterocycles. The third-order valence-corrected chi connectivity index (χ3v) is 1.50. The second-order valence-corrected chi connectivity index (χ2v) is 2.35. The molecule has 0 aliphatic heterocycles. The van der Waals surface area contributed by atoms with Crippen molar-refractivity contribution in [1.29, 1.82) is 0 Å². The molecule has 0 amide bonds. The molecule has 1 heterocycles. The zero-order valence-corrected chi connectivity index (χ0v) is 6.92. The van der Waals surface area contributed by atoms with Crippen molar-refractivity contribution in [2.75, 3.05) is 18.6 Å². The van der Waals surface area contributed by atoms with Crippen LogP contribution in [0.3, 0.4) is 0 Å². The number of pyridine rings is 1. The molecule has 0 bridgehead atoms. The molecule has 6 heteroatoms. The average Bonchev–Trinajstić information content (AvgIpc) is 2.07. The summed E-state index contributed by atoms with van der Waals surface area (Å²) in [6.45, 7) is 0. The van der Waals surface area contributed by atoms with E-state index in [9.17, 15) is 8.78 Å². The van der Waals surface area contributed by atoms with Crippen LogP contribution in [-0.2, 0) is 0 Å². The molecular formula is C7H9F2N3O. The first-order valence-electron chi connectivity index (χ1n) is 3.44. The fourth-order valence-corrected chi connectivity index (χ4v) is 0.877. The van der Waals surface area contributed by atoms with E-state index < -0.39 is 12.1 Å². The van der Waals surface area contributed by atoms with Crippen LogP contribution in [-0.4, -0.2) is 12.1 Å². The van der Waals surface area contributed by atoms with Crippen molar-refractivity contribution >= 4 is 11.5 Å². The lowest BCUT2D eigenvalue weighted by molar-refractivity contribution is 0.147. The zero-order chi connectivity index (χ0) is 10.0. The number of alkyl halides is 2. The molecule has 13 heavy (non-hydrogen) atoms. The Morgan fingerprint density at radius 3 is 2.54 bits per heavy atom. The SMILES string of the molecule is COc1cc(N)c(C(F)F)nc1N. The van der Waals surface area contributed by atoms with Gasteiger partial charge in [-0.25, -0.2) is 13.8 Å². The van der Waals surface area contributed by atoms with Gasteiger partial charge in [0.1, 0.15) is 5.69 Å². The van der Waals surface area contributed by atoms with E-state index in [1.54, 1.807) is 0 Å². The van der Waals surface area contributed by atoms with Crippen molar-refractivity contribution in [3.05, 3.63) is 11.8 Å². The van der Waals surface area contributed by atoms with Gasteiger partial charge in [-0.3, -0.25) is 0 Å². The Kier molecular flexibility index (Phi) is 2.50. The van der Waals surface area contributed by atoms with E-state index in [4.69, 9.17) is 16.2 Å². The molecular weight excluding hydrogens is 180 g/mol. The highest BCUT2D eigenvalue weighted by Gasteiger charge is 2.15. The number of methoxy groups -OCH3 is 1. The number of anilines is 2. The summed E-state index contributed by atoms with van der Waals surface area (Å²) in [5, 5.41) is 0. The lowest BCUT2D eigenvalue weighted by Gasteiger charge is -2.08. The van der Waals surface area contributed by atoms with E-state index in [1.165, 1.54) is 13.2 Å². The Balaban J connectivity index is 3.20. The molecule has 0 spiro atoms. The van der Waals surface area contributed by atoms with Crippen LogP contribution in [0.5, 0.6) is 5.75 Å². The fraction of sp³-hybridized carbons (Fsp3) is 0.286. The Labute approximate surface area is 73.5 Å². The highest BCUT2D eigenvalue weighted by atomic mass is 19.3. The van der Waals surface area contributed by atoms with Crippen molar-refractivity contribution in [1.82, 2.24) is 4.98 Å². The van der Waals surface area contributed by atoms with Gasteiger partial charge in [0.05, 0.1) is 12.8 Å². The number of halogens is 2. The Morgan fingerprint density at radius 1 is 1.46 bits per heavy atom. The van der Waals surface area contributed by atoms with Gasteiger partial charge in [-0.15, -0.1) is 0 Å². The first-order chi connectivity index (χ1) is 6.06. The van der Waals surface area contributed by atoms with Gasteiger partial charge in [0.25, 0.3) is 6.43 Å². The van der Waals surface area contributed by atoms with Gasteiger partial charge >= 0.3 is 0 Å². The third kappa shape index (κ3) is 1.77. The number of hydrogen-bond donors (Lipinski definition) is 2. The number of rotatable bonds is 2. The zero-order valence-electron chi connectivity index (χ0n) is 6.92. The van der Waals surface area contributed by atoms with Crippen molar-refractivity contribution < 1.29 is 13.5 Å². The minimum atomic E-state index is -2.73. The quantitative estimate of drug-likeness (QED) is 0.732. The van der Waals surface area contributed by atoms with Gasteiger partial charge in [-0.05, 0) is 0 Å². The highest BCUT2D eigenvalue weighted by Crippen LogP contribution is 2.29. The van der Waals surface area contributed by atoms with E-state index in [0.717, 1.165) is 0 Å². The molecule has 0 aromatic carbocycles.